The molecular weight excluding hydrogens is 455 g/mol. The second kappa shape index (κ2) is 10.0. The fourth-order valence-electron chi connectivity index (χ4n) is 3.82. The van der Waals surface area contributed by atoms with Crippen molar-refractivity contribution in [3.8, 4) is 0 Å². The molecule has 4 aromatic rings. The Morgan fingerprint density at radius 3 is 1.03 bits per heavy atom. The van der Waals surface area contributed by atoms with Crippen LogP contribution in [0.25, 0.3) is 0 Å². The lowest BCUT2D eigenvalue weighted by molar-refractivity contribution is 0.673. The summed E-state index contributed by atoms with van der Waals surface area (Å²) in [6.07, 6.45) is 0. The summed E-state index contributed by atoms with van der Waals surface area (Å²) in [5.74, 6) is 0. The smallest absolute Gasteiger partial charge is 0.0856 e. The lowest BCUT2D eigenvalue weighted by Crippen LogP contribution is -2.17. The molecule has 0 aromatic heterocycles. The summed E-state index contributed by atoms with van der Waals surface area (Å²) >= 11 is 12.3. The van der Waals surface area contributed by atoms with Gasteiger partial charge in [-0.05, 0) is 60.4 Å². The number of halogens is 2. The van der Waals surface area contributed by atoms with Gasteiger partial charge in [-0.3, -0.25) is 4.21 Å². The van der Waals surface area contributed by atoms with Gasteiger partial charge in [0.1, 0.15) is 0 Å². The zero-order chi connectivity index (χ0) is 22.7. The van der Waals surface area contributed by atoms with E-state index in [1.807, 2.05) is 48.5 Å². The van der Waals surface area contributed by atoms with Crippen molar-refractivity contribution in [3.05, 3.63) is 140 Å². The van der Waals surface area contributed by atoms with Crippen LogP contribution in [0, 0.1) is 13.8 Å². The molecule has 0 aliphatic carbocycles. The van der Waals surface area contributed by atoms with Gasteiger partial charge in [0, 0.05) is 20.8 Å². The van der Waals surface area contributed by atoms with Crippen molar-refractivity contribution in [1.82, 2.24) is 0 Å². The molecule has 4 heteroatoms. The van der Waals surface area contributed by atoms with Crippen LogP contribution in [-0.4, -0.2) is 4.21 Å². The summed E-state index contributed by atoms with van der Waals surface area (Å²) in [6.45, 7) is 4.11. The van der Waals surface area contributed by atoms with Gasteiger partial charge in [0.25, 0.3) is 0 Å². The molecule has 4 aromatic carbocycles. The zero-order valence-electron chi connectivity index (χ0n) is 18.0. The quantitative estimate of drug-likeness (QED) is 0.272. The third kappa shape index (κ3) is 5.15. The number of rotatable bonds is 6. The Morgan fingerprint density at radius 2 is 0.750 bits per heavy atom. The summed E-state index contributed by atoms with van der Waals surface area (Å²) in [5.41, 5.74) is 6.32. The first kappa shape index (κ1) is 22.8. The van der Waals surface area contributed by atoms with Crippen molar-refractivity contribution < 1.29 is 4.21 Å². The van der Waals surface area contributed by atoms with E-state index in [2.05, 4.69) is 62.4 Å². The number of aryl methyl sites for hydroxylation is 2. The van der Waals surface area contributed by atoms with Crippen LogP contribution in [0.5, 0.6) is 0 Å². The Kier molecular flexibility index (Phi) is 7.15. The molecule has 0 radical (unpaired) electrons. The monoisotopic (exact) mass is 478 g/mol. The van der Waals surface area contributed by atoms with E-state index in [1.165, 1.54) is 11.1 Å². The lowest BCUT2D eigenvalue weighted by Gasteiger charge is -2.25. The summed E-state index contributed by atoms with van der Waals surface area (Å²) in [7, 11) is -1.31. The highest BCUT2D eigenvalue weighted by molar-refractivity contribution is 7.86. The van der Waals surface area contributed by atoms with E-state index in [9.17, 15) is 4.21 Å². The molecule has 0 heterocycles. The minimum atomic E-state index is -1.31. The third-order valence-corrected chi connectivity index (χ3v) is 8.09. The summed E-state index contributed by atoms with van der Waals surface area (Å²) in [4.78, 5) is 0. The second-order valence-corrected chi connectivity index (χ2v) is 10.5. The Morgan fingerprint density at radius 1 is 0.500 bits per heavy atom. The first-order chi connectivity index (χ1) is 15.4. The van der Waals surface area contributed by atoms with Crippen LogP contribution < -0.4 is 0 Å². The molecule has 2 atom stereocenters. The minimum Gasteiger partial charge on any atom is -0.258 e. The van der Waals surface area contributed by atoms with Gasteiger partial charge in [-0.25, -0.2) is 0 Å². The maximum atomic E-state index is 14.4. The van der Waals surface area contributed by atoms with Gasteiger partial charge in [-0.15, -0.1) is 0 Å². The van der Waals surface area contributed by atoms with Crippen LogP contribution in [0.15, 0.2) is 97.1 Å². The molecule has 0 N–H and O–H groups in total. The molecule has 0 spiro atoms. The van der Waals surface area contributed by atoms with Gasteiger partial charge in [-0.1, -0.05) is 107 Å². The third-order valence-electron chi connectivity index (χ3n) is 5.57. The Labute approximate surface area is 202 Å². The molecule has 2 unspecified atom stereocenters. The molecule has 4 rings (SSSR count). The van der Waals surface area contributed by atoms with Gasteiger partial charge in [0.05, 0.1) is 10.5 Å². The molecule has 32 heavy (non-hydrogen) atoms. The largest absolute Gasteiger partial charge is 0.258 e. The van der Waals surface area contributed by atoms with E-state index in [1.54, 1.807) is 0 Å². The van der Waals surface area contributed by atoms with Gasteiger partial charge in [-0.2, -0.15) is 0 Å². The van der Waals surface area contributed by atoms with Crippen molar-refractivity contribution in [2.45, 2.75) is 24.3 Å². The maximum Gasteiger partial charge on any atom is 0.0856 e. The van der Waals surface area contributed by atoms with Crippen LogP contribution in [0.4, 0.5) is 0 Å². The highest BCUT2D eigenvalue weighted by atomic mass is 35.5. The van der Waals surface area contributed by atoms with Crippen molar-refractivity contribution in [2.24, 2.45) is 0 Å². The second-order valence-electron chi connectivity index (χ2n) is 8.01. The topological polar surface area (TPSA) is 17.1 Å². The molecule has 0 aliphatic heterocycles. The molecule has 0 bridgehead atoms. The predicted molar refractivity (Wildman–Crippen MR) is 137 cm³/mol. The highest BCUT2D eigenvalue weighted by Gasteiger charge is 2.30. The van der Waals surface area contributed by atoms with Gasteiger partial charge < -0.3 is 0 Å². The van der Waals surface area contributed by atoms with Crippen LogP contribution in [-0.2, 0) is 10.8 Å². The van der Waals surface area contributed by atoms with Crippen molar-refractivity contribution in [1.29, 1.82) is 0 Å². The molecular formula is C28H24Cl2OS. The zero-order valence-corrected chi connectivity index (χ0v) is 20.3. The van der Waals surface area contributed by atoms with Crippen LogP contribution in [0.3, 0.4) is 0 Å². The fourth-order valence-corrected chi connectivity index (χ4v) is 6.04. The van der Waals surface area contributed by atoms with Crippen molar-refractivity contribution in [2.75, 3.05) is 0 Å². The summed E-state index contributed by atoms with van der Waals surface area (Å²) < 4.78 is 14.4. The van der Waals surface area contributed by atoms with E-state index in [0.29, 0.717) is 10.0 Å². The van der Waals surface area contributed by atoms with Gasteiger partial charge >= 0.3 is 0 Å². The van der Waals surface area contributed by atoms with Gasteiger partial charge in [0.15, 0.2) is 0 Å². The molecule has 0 amide bonds. The summed E-state index contributed by atoms with van der Waals surface area (Å²) in [5, 5.41) is 0.703. The van der Waals surface area contributed by atoms with Crippen molar-refractivity contribution >= 4 is 34.0 Å². The van der Waals surface area contributed by atoms with E-state index in [-0.39, 0.29) is 10.5 Å². The predicted octanol–water partition coefficient (Wildman–Crippen LogP) is 8.24. The Hall–Kier alpha value is -2.39. The van der Waals surface area contributed by atoms with Crippen LogP contribution >= 0.6 is 23.2 Å². The van der Waals surface area contributed by atoms with Crippen molar-refractivity contribution in [3.63, 3.8) is 0 Å². The summed E-state index contributed by atoms with van der Waals surface area (Å²) in [6, 6.07) is 31.9. The normalized spacial score (nSPS) is 14.0. The average Bonchev–Trinajstić information content (AvgIpc) is 2.79. The number of hydrogen-bond donors (Lipinski definition) is 0. The molecule has 1 nitrogen and oxygen atoms in total. The van der Waals surface area contributed by atoms with Crippen LogP contribution in [0.2, 0.25) is 10.0 Å². The lowest BCUT2D eigenvalue weighted by atomic mass is 10.0. The first-order valence-electron chi connectivity index (χ1n) is 10.5. The average molecular weight is 479 g/mol. The van der Waals surface area contributed by atoms with E-state index in [0.717, 1.165) is 22.3 Å². The number of benzene rings is 4. The standard InChI is InChI=1S/C28H24Cl2OS/c1-19-3-7-21(8-4-19)27(23-11-15-25(29)16-12-23)32(31)28(22-9-5-20(2)6-10-22)24-13-17-26(30)18-14-24/h3-18,27-28H,1-2H3. The van der Waals surface area contributed by atoms with Gasteiger partial charge in [0.2, 0.25) is 0 Å². The number of hydrogen-bond acceptors (Lipinski definition) is 1. The highest BCUT2D eigenvalue weighted by Crippen LogP contribution is 2.40. The van der Waals surface area contributed by atoms with Crippen LogP contribution in [0.1, 0.15) is 43.9 Å². The molecule has 162 valence electrons. The first-order valence-corrected chi connectivity index (χ1v) is 12.5. The van der Waals surface area contributed by atoms with E-state index in [4.69, 9.17) is 23.2 Å². The fraction of sp³-hybridized carbons (Fsp3) is 0.143. The molecule has 0 aliphatic rings. The Balaban J connectivity index is 1.87. The molecule has 0 saturated heterocycles. The van der Waals surface area contributed by atoms with E-state index >= 15 is 0 Å². The maximum absolute atomic E-state index is 14.4. The SMILES string of the molecule is Cc1ccc(C(c2ccc(Cl)cc2)S(=O)C(c2ccc(C)cc2)c2ccc(Cl)cc2)cc1. The Bertz CT molecular complexity index is 1010. The molecule has 0 fully saturated rings. The van der Waals surface area contributed by atoms with E-state index < -0.39 is 10.8 Å². The minimum absolute atomic E-state index is 0.310. The molecule has 0 saturated carbocycles.